The summed E-state index contributed by atoms with van der Waals surface area (Å²) in [4.78, 5) is 37.9. The van der Waals surface area contributed by atoms with Crippen LogP contribution in [0.25, 0.3) is 0 Å². The first kappa shape index (κ1) is 59.4. The van der Waals surface area contributed by atoms with Crippen LogP contribution in [0.5, 0.6) is 0 Å². The van der Waals surface area contributed by atoms with E-state index in [1.165, 1.54) is 205 Å². The number of ether oxygens (including phenoxy) is 3. The van der Waals surface area contributed by atoms with Gasteiger partial charge in [-0.1, -0.05) is 272 Å². The van der Waals surface area contributed by atoms with Gasteiger partial charge in [0.15, 0.2) is 6.10 Å². The minimum Gasteiger partial charge on any atom is -0.462 e. The highest BCUT2D eigenvalue weighted by Gasteiger charge is 2.19. The van der Waals surface area contributed by atoms with Crippen molar-refractivity contribution in [3.8, 4) is 0 Å². The molecule has 0 radical (unpaired) electrons. The van der Waals surface area contributed by atoms with Gasteiger partial charge in [0.1, 0.15) is 13.2 Å². The molecule has 61 heavy (non-hydrogen) atoms. The zero-order valence-corrected chi connectivity index (χ0v) is 41.6. The lowest BCUT2D eigenvalue weighted by Crippen LogP contribution is -2.30. The van der Waals surface area contributed by atoms with Crippen LogP contribution >= 0.6 is 0 Å². The van der Waals surface area contributed by atoms with Crippen LogP contribution in [0.1, 0.15) is 310 Å². The Morgan fingerprint density at radius 1 is 0.311 bits per heavy atom. The molecule has 0 fully saturated rings. The number of hydrogen-bond acceptors (Lipinski definition) is 6. The van der Waals surface area contributed by atoms with Gasteiger partial charge >= 0.3 is 17.9 Å². The number of carbonyl (C=O) groups excluding carboxylic acids is 3. The van der Waals surface area contributed by atoms with E-state index in [9.17, 15) is 14.4 Å². The van der Waals surface area contributed by atoms with Crippen LogP contribution in [0.2, 0.25) is 0 Å². The molecule has 0 heterocycles. The summed E-state index contributed by atoms with van der Waals surface area (Å²) in [6.07, 6.45) is 52.5. The molecule has 6 nitrogen and oxygen atoms in total. The lowest BCUT2D eigenvalue weighted by Gasteiger charge is -2.18. The van der Waals surface area contributed by atoms with Crippen molar-refractivity contribution in [3.63, 3.8) is 0 Å². The molecule has 362 valence electrons. The summed E-state index contributed by atoms with van der Waals surface area (Å²) in [6, 6.07) is 0. The van der Waals surface area contributed by atoms with Gasteiger partial charge in [-0.05, 0) is 25.2 Å². The highest BCUT2D eigenvalue weighted by atomic mass is 16.6. The summed E-state index contributed by atoms with van der Waals surface area (Å²) in [5.74, 6) is 0.00482. The van der Waals surface area contributed by atoms with Gasteiger partial charge in [0.05, 0.1) is 0 Å². The molecular formula is C55H106O6. The molecule has 0 rings (SSSR count). The van der Waals surface area contributed by atoms with E-state index in [4.69, 9.17) is 14.2 Å². The van der Waals surface area contributed by atoms with Gasteiger partial charge in [-0.25, -0.2) is 0 Å². The fourth-order valence-electron chi connectivity index (χ4n) is 8.39. The molecule has 0 aromatic rings. The maximum atomic E-state index is 12.8. The third-order valence-corrected chi connectivity index (χ3v) is 12.5. The minimum atomic E-state index is -0.760. The van der Waals surface area contributed by atoms with E-state index in [-0.39, 0.29) is 31.1 Å². The normalized spacial score (nSPS) is 12.0. The number of esters is 3. The quantitative estimate of drug-likeness (QED) is 0.0344. The van der Waals surface area contributed by atoms with Crippen molar-refractivity contribution in [1.82, 2.24) is 0 Å². The van der Waals surface area contributed by atoms with E-state index < -0.39 is 6.10 Å². The summed E-state index contributed by atoms with van der Waals surface area (Å²) in [5, 5.41) is 0. The van der Waals surface area contributed by atoms with E-state index >= 15 is 0 Å². The van der Waals surface area contributed by atoms with Crippen LogP contribution in [-0.4, -0.2) is 37.2 Å². The predicted molar refractivity (Wildman–Crippen MR) is 261 cm³/mol. The van der Waals surface area contributed by atoms with Crippen molar-refractivity contribution < 1.29 is 28.6 Å². The van der Waals surface area contributed by atoms with E-state index in [2.05, 4.69) is 27.7 Å². The molecule has 0 saturated heterocycles. The molecule has 0 aromatic carbocycles. The molecule has 6 heteroatoms. The van der Waals surface area contributed by atoms with Gasteiger partial charge in [0.25, 0.3) is 0 Å². The second-order valence-corrected chi connectivity index (χ2v) is 19.3. The Bertz CT molecular complexity index is 918. The highest BCUT2D eigenvalue weighted by Crippen LogP contribution is 2.18. The van der Waals surface area contributed by atoms with Crippen molar-refractivity contribution in [3.05, 3.63) is 0 Å². The average molecular weight is 863 g/mol. The minimum absolute atomic E-state index is 0.0627. The maximum Gasteiger partial charge on any atom is 0.306 e. The SMILES string of the molecule is CCCCCCCCCCCCCCCCCCCC(=O)OC[C@@H](COC(=O)CCCCCCCCC)OC(=O)CCCCCCCCCCCCCCCCCCC(C)C. The van der Waals surface area contributed by atoms with Crippen LogP contribution < -0.4 is 0 Å². The van der Waals surface area contributed by atoms with Crippen molar-refractivity contribution in [2.24, 2.45) is 5.92 Å². The molecule has 0 amide bonds. The lowest BCUT2D eigenvalue weighted by molar-refractivity contribution is -0.167. The molecule has 0 bridgehead atoms. The second kappa shape index (κ2) is 49.4. The first-order chi connectivity index (χ1) is 29.9. The van der Waals surface area contributed by atoms with Crippen LogP contribution in [-0.2, 0) is 28.6 Å². The zero-order valence-electron chi connectivity index (χ0n) is 41.6. The number of unbranched alkanes of at least 4 members (excludes halogenated alkanes) is 37. The number of hydrogen-bond donors (Lipinski definition) is 0. The molecule has 0 spiro atoms. The smallest absolute Gasteiger partial charge is 0.306 e. The Kier molecular flexibility index (Phi) is 48.1. The first-order valence-corrected chi connectivity index (χ1v) is 27.4. The summed E-state index contributed by atoms with van der Waals surface area (Å²) in [7, 11) is 0. The fraction of sp³-hybridized carbons (Fsp3) is 0.945. The largest absolute Gasteiger partial charge is 0.462 e. The van der Waals surface area contributed by atoms with Gasteiger partial charge in [-0.2, -0.15) is 0 Å². The molecule has 0 aliphatic heterocycles. The molecule has 0 aromatic heterocycles. The van der Waals surface area contributed by atoms with Crippen LogP contribution in [0.3, 0.4) is 0 Å². The third-order valence-electron chi connectivity index (χ3n) is 12.5. The summed E-state index contributed by atoms with van der Waals surface area (Å²) >= 11 is 0. The van der Waals surface area contributed by atoms with Crippen molar-refractivity contribution in [2.75, 3.05) is 13.2 Å². The first-order valence-electron chi connectivity index (χ1n) is 27.4. The third kappa shape index (κ3) is 49.3. The van der Waals surface area contributed by atoms with Crippen LogP contribution in [0.15, 0.2) is 0 Å². The molecule has 1 atom stereocenters. The van der Waals surface area contributed by atoms with Crippen LogP contribution in [0.4, 0.5) is 0 Å². The summed E-state index contributed by atoms with van der Waals surface area (Å²) in [5.41, 5.74) is 0. The maximum absolute atomic E-state index is 12.8. The van der Waals surface area contributed by atoms with Crippen molar-refractivity contribution in [1.29, 1.82) is 0 Å². The molecule has 0 N–H and O–H groups in total. The van der Waals surface area contributed by atoms with Gasteiger partial charge in [-0.15, -0.1) is 0 Å². The molecule has 0 unspecified atom stereocenters. The van der Waals surface area contributed by atoms with Gasteiger partial charge in [0, 0.05) is 19.3 Å². The molecule has 0 aliphatic rings. The van der Waals surface area contributed by atoms with Crippen molar-refractivity contribution in [2.45, 2.75) is 316 Å². The van der Waals surface area contributed by atoms with E-state index in [1.807, 2.05) is 0 Å². The second-order valence-electron chi connectivity index (χ2n) is 19.3. The van der Waals surface area contributed by atoms with Gasteiger partial charge < -0.3 is 14.2 Å². The summed E-state index contributed by atoms with van der Waals surface area (Å²) in [6.45, 7) is 9.02. The molecular weight excluding hydrogens is 757 g/mol. The standard InChI is InChI=1S/C55H106O6/c1-5-7-9-11-13-14-15-16-17-18-22-25-28-31-35-39-43-47-54(57)60-50-52(49-59-53(56)46-42-38-33-12-10-8-6-2)61-55(58)48-44-40-36-32-29-26-23-20-19-21-24-27-30-34-37-41-45-51(3)4/h51-52H,5-50H2,1-4H3/t52-/m1/s1. The Labute approximate surface area is 380 Å². The number of rotatable bonds is 50. The van der Waals surface area contributed by atoms with E-state index in [1.54, 1.807) is 0 Å². The zero-order chi connectivity index (χ0) is 44.5. The lowest BCUT2D eigenvalue weighted by atomic mass is 10.0. The average Bonchev–Trinajstić information content (AvgIpc) is 3.24. The van der Waals surface area contributed by atoms with Crippen molar-refractivity contribution >= 4 is 17.9 Å². The molecule has 0 saturated carbocycles. The van der Waals surface area contributed by atoms with Gasteiger partial charge in [0.2, 0.25) is 0 Å². The predicted octanol–water partition coefficient (Wildman–Crippen LogP) is 17.8. The summed E-state index contributed by atoms with van der Waals surface area (Å²) < 4.78 is 16.8. The fourth-order valence-corrected chi connectivity index (χ4v) is 8.39. The van der Waals surface area contributed by atoms with Gasteiger partial charge in [-0.3, -0.25) is 14.4 Å². The Balaban J connectivity index is 4.16. The van der Waals surface area contributed by atoms with Crippen LogP contribution in [0, 0.1) is 5.92 Å². The Morgan fingerprint density at radius 2 is 0.541 bits per heavy atom. The number of carbonyl (C=O) groups is 3. The Morgan fingerprint density at radius 3 is 0.803 bits per heavy atom. The highest BCUT2D eigenvalue weighted by molar-refractivity contribution is 5.71. The Hall–Kier alpha value is -1.59. The topological polar surface area (TPSA) is 78.9 Å². The van der Waals surface area contributed by atoms with E-state index in [0.29, 0.717) is 19.3 Å². The molecule has 0 aliphatic carbocycles. The monoisotopic (exact) mass is 863 g/mol. The van der Waals surface area contributed by atoms with E-state index in [0.717, 1.165) is 63.7 Å².